The summed E-state index contributed by atoms with van der Waals surface area (Å²) in [5.74, 6) is 3.64. The molecule has 3 aliphatic rings. The van der Waals surface area contributed by atoms with Crippen LogP contribution >= 0.6 is 0 Å². The Kier molecular flexibility index (Phi) is 7.96. The number of aldehydes is 1. The largest absolute Gasteiger partial charge is 0.497 e. The van der Waals surface area contributed by atoms with E-state index in [4.69, 9.17) is 14.6 Å². The highest BCUT2D eigenvalue weighted by molar-refractivity contribution is 5.75. The van der Waals surface area contributed by atoms with E-state index in [1.54, 1.807) is 7.11 Å². The van der Waals surface area contributed by atoms with E-state index in [1.165, 1.54) is 29.7 Å². The average Bonchev–Trinajstić information content (AvgIpc) is 3.64. The molecule has 2 heterocycles. The van der Waals surface area contributed by atoms with Crippen molar-refractivity contribution in [3.63, 3.8) is 0 Å². The maximum absolute atomic E-state index is 11.2. The van der Waals surface area contributed by atoms with Gasteiger partial charge < -0.3 is 19.2 Å². The molecule has 0 spiro atoms. The van der Waals surface area contributed by atoms with Crippen LogP contribution in [0.2, 0.25) is 0 Å². The van der Waals surface area contributed by atoms with Gasteiger partial charge in [0.15, 0.2) is 0 Å². The molecule has 2 aliphatic heterocycles. The summed E-state index contributed by atoms with van der Waals surface area (Å²) in [5.41, 5.74) is 3.86. The first-order valence-electron chi connectivity index (χ1n) is 14.3. The van der Waals surface area contributed by atoms with Gasteiger partial charge in [-0.3, -0.25) is 5.01 Å². The van der Waals surface area contributed by atoms with Gasteiger partial charge in [-0.1, -0.05) is 18.2 Å². The molecular formula is C32H43N3O3. The molecule has 38 heavy (non-hydrogen) atoms. The van der Waals surface area contributed by atoms with Crippen LogP contribution in [0.3, 0.4) is 0 Å². The first-order chi connectivity index (χ1) is 18.4. The van der Waals surface area contributed by atoms with E-state index in [0.717, 1.165) is 56.9 Å². The Morgan fingerprint density at radius 2 is 1.84 bits per heavy atom. The predicted molar refractivity (Wildman–Crippen MR) is 154 cm³/mol. The Morgan fingerprint density at radius 3 is 2.50 bits per heavy atom. The lowest BCUT2D eigenvalue weighted by molar-refractivity contribution is -0.108. The van der Waals surface area contributed by atoms with Crippen LogP contribution in [0, 0.1) is 11.8 Å². The smallest absolute Gasteiger partial charge is 0.120 e. The lowest BCUT2D eigenvalue weighted by Crippen LogP contribution is -2.38. The molecule has 0 N–H and O–H groups in total. The third-order valence-electron chi connectivity index (χ3n) is 8.44. The van der Waals surface area contributed by atoms with Crippen LogP contribution in [0.5, 0.6) is 11.5 Å². The van der Waals surface area contributed by atoms with Gasteiger partial charge in [0, 0.05) is 55.5 Å². The first-order valence-corrected chi connectivity index (χ1v) is 14.3. The number of ether oxygens (including phenoxy) is 2. The van der Waals surface area contributed by atoms with E-state index in [9.17, 15) is 4.79 Å². The molecule has 2 fully saturated rings. The van der Waals surface area contributed by atoms with Crippen molar-refractivity contribution in [3.8, 4) is 11.5 Å². The Hall–Kier alpha value is -3.02. The van der Waals surface area contributed by atoms with Crippen LogP contribution in [0.1, 0.15) is 75.8 Å². The molecule has 204 valence electrons. The molecular weight excluding hydrogens is 474 g/mol. The van der Waals surface area contributed by atoms with Gasteiger partial charge in [-0.25, -0.2) is 0 Å². The van der Waals surface area contributed by atoms with Crippen molar-refractivity contribution in [2.75, 3.05) is 38.3 Å². The van der Waals surface area contributed by atoms with Gasteiger partial charge in [0.2, 0.25) is 0 Å². The third kappa shape index (κ3) is 6.16. The minimum atomic E-state index is 0.0169. The first kappa shape index (κ1) is 26.6. The molecule has 1 saturated carbocycles. The predicted octanol–water partition coefficient (Wildman–Crippen LogP) is 6.26. The van der Waals surface area contributed by atoms with Crippen LogP contribution in [0.25, 0.3) is 0 Å². The normalized spacial score (nSPS) is 21.0. The van der Waals surface area contributed by atoms with Crippen molar-refractivity contribution < 1.29 is 14.3 Å². The van der Waals surface area contributed by atoms with Crippen LogP contribution in [-0.2, 0) is 4.79 Å². The van der Waals surface area contributed by atoms with Gasteiger partial charge in [-0.15, -0.1) is 0 Å². The highest BCUT2D eigenvalue weighted by Crippen LogP contribution is 2.44. The minimum absolute atomic E-state index is 0.0169. The Morgan fingerprint density at radius 1 is 1.05 bits per heavy atom. The van der Waals surface area contributed by atoms with Gasteiger partial charge in [0.1, 0.15) is 17.8 Å². The number of carbonyl (C=O) groups excluding carboxylic acids is 1. The number of hydrazone groups is 1. The molecule has 0 bridgehead atoms. The molecule has 1 saturated heterocycles. The fourth-order valence-electron chi connectivity index (χ4n) is 5.90. The molecule has 0 amide bonds. The fourth-order valence-corrected chi connectivity index (χ4v) is 5.90. The molecule has 5 rings (SSSR count). The van der Waals surface area contributed by atoms with E-state index in [1.807, 2.05) is 0 Å². The monoisotopic (exact) mass is 517 g/mol. The molecule has 2 atom stereocenters. The SMILES string of the molecule is COc1ccc(C2C=NN(C(C)(C)C)C2)c(N2CCC(COc3cccc(C(CC=O)C4CC4)c3)CC2)c1. The standard InChI is InChI=1S/C32H43N3O3/c1-32(2,3)35-21-26(20-33-35)30-11-10-27(37-4)19-31(30)34-15-12-23(13-16-34)22-38-28-7-5-6-25(18-28)29(14-17-36)24-8-9-24/h5-7,10-11,17-20,23-24,26,29H,8-9,12-16,21-22H2,1-4H3. The molecule has 6 heteroatoms. The van der Waals surface area contributed by atoms with E-state index in [2.05, 4.69) is 79.4 Å². The average molecular weight is 518 g/mol. The fraction of sp³-hybridized carbons (Fsp3) is 0.562. The minimum Gasteiger partial charge on any atom is -0.497 e. The number of carbonyl (C=O) groups is 1. The molecule has 2 aromatic rings. The highest BCUT2D eigenvalue weighted by atomic mass is 16.5. The van der Waals surface area contributed by atoms with Gasteiger partial charge in [-0.05, 0) is 93.5 Å². The maximum atomic E-state index is 11.2. The number of benzene rings is 2. The van der Waals surface area contributed by atoms with Crippen LogP contribution in [0.4, 0.5) is 5.69 Å². The van der Waals surface area contributed by atoms with Crippen molar-refractivity contribution in [1.29, 1.82) is 0 Å². The molecule has 2 unspecified atom stereocenters. The maximum Gasteiger partial charge on any atom is 0.120 e. The van der Waals surface area contributed by atoms with Gasteiger partial charge in [0.05, 0.1) is 13.7 Å². The number of hydrogen-bond donors (Lipinski definition) is 0. The van der Waals surface area contributed by atoms with Crippen molar-refractivity contribution in [2.45, 2.75) is 70.3 Å². The Bertz CT molecular complexity index is 1130. The van der Waals surface area contributed by atoms with Crippen LogP contribution in [0.15, 0.2) is 47.6 Å². The van der Waals surface area contributed by atoms with Crippen molar-refractivity contribution >= 4 is 18.2 Å². The Balaban J connectivity index is 1.20. The second-order valence-electron chi connectivity index (χ2n) is 12.2. The number of rotatable bonds is 10. The summed E-state index contributed by atoms with van der Waals surface area (Å²) in [4.78, 5) is 13.7. The lowest BCUT2D eigenvalue weighted by Gasteiger charge is -2.36. The molecule has 6 nitrogen and oxygen atoms in total. The summed E-state index contributed by atoms with van der Waals surface area (Å²) in [6.07, 6.45) is 8.45. The summed E-state index contributed by atoms with van der Waals surface area (Å²) >= 11 is 0. The van der Waals surface area contributed by atoms with E-state index in [-0.39, 0.29) is 11.5 Å². The van der Waals surface area contributed by atoms with Crippen molar-refractivity contribution in [3.05, 3.63) is 53.6 Å². The second kappa shape index (κ2) is 11.4. The number of nitrogens with zero attached hydrogens (tertiary/aromatic N) is 3. The van der Waals surface area contributed by atoms with Gasteiger partial charge >= 0.3 is 0 Å². The van der Waals surface area contributed by atoms with Crippen LogP contribution in [-0.4, -0.2) is 56.4 Å². The number of hydrogen-bond acceptors (Lipinski definition) is 6. The van der Waals surface area contributed by atoms with E-state index < -0.39 is 0 Å². The Labute approximate surface area is 228 Å². The third-order valence-corrected chi connectivity index (χ3v) is 8.44. The molecule has 1 aliphatic carbocycles. The second-order valence-corrected chi connectivity index (χ2v) is 12.2. The van der Waals surface area contributed by atoms with Crippen molar-refractivity contribution in [1.82, 2.24) is 5.01 Å². The lowest BCUT2D eigenvalue weighted by atomic mass is 9.91. The highest BCUT2D eigenvalue weighted by Gasteiger charge is 2.33. The molecule has 0 aromatic heterocycles. The zero-order valence-electron chi connectivity index (χ0n) is 23.4. The van der Waals surface area contributed by atoms with E-state index in [0.29, 0.717) is 24.2 Å². The van der Waals surface area contributed by atoms with Gasteiger partial charge in [0.25, 0.3) is 0 Å². The zero-order valence-corrected chi connectivity index (χ0v) is 23.4. The topological polar surface area (TPSA) is 54.4 Å². The number of anilines is 1. The quantitative estimate of drug-likeness (QED) is 0.348. The number of methoxy groups -OCH3 is 1. The van der Waals surface area contributed by atoms with Crippen molar-refractivity contribution in [2.24, 2.45) is 16.9 Å². The zero-order chi connectivity index (χ0) is 26.7. The van der Waals surface area contributed by atoms with E-state index >= 15 is 0 Å². The number of piperidine rings is 1. The van der Waals surface area contributed by atoms with Crippen LogP contribution < -0.4 is 14.4 Å². The summed E-state index contributed by atoms with van der Waals surface area (Å²) in [5, 5.41) is 6.91. The summed E-state index contributed by atoms with van der Waals surface area (Å²) in [6.45, 7) is 10.3. The summed E-state index contributed by atoms with van der Waals surface area (Å²) < 4.78 is 11.9. The van der Waals surface area contributed by atoms with Gasteiger partial charge in [-0.2, -0.15) is 5.10 Å². The summed E-state index contributed by atoms with van der Waals surface area (Å²) in [7, 11) is 1.74. The molecule has 0 radical (unpaired) electrons. The molecule has 2 aromatic carbocycles. The summed E-state index contributed by atoms with van der Waals surface area (Å²) in [6, 6.07) is 14.9.